The summed E-state index contributed by atoms with van der Waals surface area (Å²) in [6.45, 7) is 1.93. The topological polar surface area (TPSA) is 82.7 Å². The third-order valence-corrected chi connectivity index (χ3v) is 7.39. The fraction of sp³-hybridized carbons (Fsp3) is 0.364. The standard InChI is InChI=1S/C22H23N7S/c1-14-12-29(13-24-14)18-6-5-16(9-15(18)11-23)25-21-26-17-10-22(7-4-8-22)30-19(17)20(27-21)28(2)3/h5-6,9,12-13H,4,7-8,10H2,1-3H3,(H,25,26,27). The second-order valence-electron chi connectivity index (χ2n) is 8.25. The van der Waals surface area contributed by atoms with E-state index in [1.165, 1.54) is 24.2 Å². The molecular formula is C22H23N7S. The Balaban J connectivity index is 1.47. The van der Waals surface area contributed by atoms with E-state index in [0.29, 0.717) is 16.3 Å². The summed E-state index contributed by atoms with van der Waals surface area (Å²) in [6.07, 6.45) is 8.45. The highest BCUT2D eigenvalue weighted by atomic mass is 32.2. The van der Waals surface area contributed by atoms with Crippen LogP contribution in [0.15, 0.2) is 35.6 Å². The van der Waals surface area contributed by atoms with Gasteiger partial charge in [-0.05, 0) is 38.0 Å². The predicted octanol–water partition coefficient (Wildman–Crippen LogP) is 4.22. The van der Waals surface area contributed by atoms with Crippen LogP contribution in [-0.4, -0.2) is 38.4 Å². The van der Waals surface area contributed by atoms with Gasteiger partial charge in [-0.3, -0.25) is 0 Å². The molecule has 1 aliphatic heterocycles. The number of nitrogens with one attached hydrogen (secondary N) is 1. The van der Waals surface area contributed by atoms with Gasteiger partial charge in [0.2, 0.25) is 5.95 Å². The number of nitriles is 1. The lowest BCUT2D eigenvalue weighted by Crippen LogP contribution is -2.32. The normalized spacial score (nSPS) is 16.1. The van der Waals surface area contributed by atoms with Crippen LogP contribution in [0.1, 0.15) is 36.2 Å². The Morgan fingerprint density at radius 3 is 2.73 bits per heavy atom. The van der Waals surface area contributed by atoms with Gasteiger partial charge in [0.1, 0.15) is 11.9 Å². The summed E-state index contributed by atoms with van der Waals surface area (Å²) in [6, 6.07) is 7.98. The second kappa shape index (κ2) is 7.03. The van der Waals surface area contributed by atoms with E-state index < -0.39 is 0 Å². The maximum absolute atomic E-state index is 9.66. The maximum Gasteiger partial charge on any atom is 0.229 e. The van der Waals surface area contributed by atoms with E-state index in [1.54, 1.807) is 6.33 Å². The van der Waals surface area contributed by atoms with E-state index in [4.69, 9.17) is 9.97 Å². The Morgan fingerprint density at radius 1 is 1.27 bits per heavy atom. The Kier molecular flexibility index (Phi) is 4.44. The number of fused-ring (bicyclic) bond motifs is 1. The molecule has 1 aliphatic carbocycles. The van der Waals surface area contributed by atoms with Crippen LogP contribution in [0, 0.1) is 18.3 Å². The molecule has 7 nitrogen and oxygen atoms in total. The van der Waals surface area contributed by atoms with Gasteiger partial charge in [0.05, 0.1) is 33.9 Å². The van der Waals surface area contributed by atoms with Crippen molar-refractivity contribution >= 4 is 29.2 Å². The molecule has 0 saturated heterocycles. The quantitative estimate of drug-likeness (QED) is 0.680. The van der Waals surface area contributed by atoms with Gasteiger partial charge < -0.3 is 14.8 Å². The fourth-order valence-electron chi connectivity index (χ4n) is 4.09. The monoisotopic (exact) mass is 417 g/mol. The molecule has 2 aliphatic rings. The molecule has 1 aromatic carbocycles. The first-order valence-electron chi connectivity index (χ1n) is 10.1. The number of imidazole rings is 1. The minimum absolute atomic E-state index is 0.332. The van der Waals surface area contributed by atoms with Gasteiger partial charge in [-0.15, -0.1) is 11.8 Å². The average Bonchev–Trinajstić information content (AvgIpc) is 3.30. The van der Waals surface area contributed by atoms with E-state index in [0.717, 1.165) is 35.0 Å². The van der Waals surface area contributed by atoms with Gasteiger partial charge in [-0.1, -0.05) is 6.42 Å². The van der Waals surface area contributed by atoms with Crippen LogP contribution in [0.4, 0.5) is 17.5 Å². The van der Waals surface area contributed by atoms with Gasteiger partial charge in [-0.25, -0.2) is 9.97 Å². The molecule has 0 atom stereocenters. The third kappa shape index (κ3) is 3.19. The molecule has 1 N–H and O–H groups in total. The van der Waals surface area contributed by atoms with E-state index in [2.05, 4.69) is 21.3 Å². The van der Waals surface area contributed by atoms with Gasteiger partial charge in [-0.2, -0.15) is 10.2 Å². The van der Waals surface area contributed by atoms with Crippen molar-refractivity contribution in [2.45, 2.75) is 42.2 Å². The van der Waals surface area contributed by atoms with Crippen LogP contribution in [0.5, 0.6) is 0 Å². The summed E-state index contributed by atoms with van der Waals surface area (Å²) >= 11 is 1.96. The first-order chi connectivity index (χ1) is 14.5. The SMILES string of the molecule is Cc1cn(-c2ccc(Nc3nc4c(c(N(C)C)n3)SC3(CCC3)C4)cc2C#N)cn1. The number of hydrogen-bond donors (Lipinski definition) is 1. The molecule has 2 aromatic heterocycles. The van der Waals surface area contributed by atoms with Crippen molar-refractivity contribution in [3.63, 3.8) is 0 Å². The molecular weight excluding hydrogens is 394 g/mol. The van der Waals surface area contributed by atoms with Crippen LogP contribution < -0.4 is 10.2 Å². The fourth-order valence-corrected chi connectivity index (χ4v) is 5.78. The van der Waals surface area contributed by atoms with Crippen LogP contribution >= 0.6 is 11.8 Å². The van der Waals surface area contributed by atoms with Crippen LogP contribution in [-0.2, 0) is 6.42 Å². The van der Waals surface area contributed by atoms with Crippen LogP contribution in [0.25, 0.3) is 5.69 Å². The molecule has 0 amide bonds. The molecule has 5 rings (SSSR count). The average molecular weight is 418 g/mol. The molecule has 0 radical (unpaired) electrons. The van der Waals surface area contributed by atoms with E-state index in [1.807, 2.05) is 61.7 Å². The molecule has 8 heteroatoms. The van der Waals surface area contributed by atoms with Crippen molar-refractivity contribution in [1.82, 2.24) is 19.5 Å². The number of benzene rings is 1. The molecule has 3 aromatic rings. The molecule has 152 valence electrons. The van der Waals surface area contributed by atoms with E-state index in [9.17, 15) is 5.26 Å². The summed E-state index contributed by atoms with van der Waals surface area (Å²) in [5, 5.41) is 13.0. The number of rotatable bonds is 4. The van der Waals surface area contributed by atoms with Crippen LogP contribution in [0.2, 0.25) is 0 Å². The van der Waals surface area contributed by atoms with Crippen molar-refractivity contribution in [1.29, 1.82) is 5.26 Å². The highest BCUT2D eigenvalue weighted by Gasteiger charge is 2.45. The smallest absolute Gasteiger partial charge is 0.229 e. The van der Waals surface area contributed by atoms with Gasteiger partial charge >= 0.3 is 0 Å². The second-order valence-corrected chi connectivity index (χ2v) is 9.73. The number of thioether (sulfide) groups is 1. The summed E-state index contributed by atoms with van der Waals surface area (Å²) in [4.78, 5) is 17.2. The zero-order valence-electron chi connectivity index (χ0n) is 17.3. The number of anilines is 3. The van der Waals surface area contributed by atoms with Crippen LogP contribution in [0.3, 0.4) is 0 Å². The number of hydrogen-bond acceptors (Lipinski definition) is 7. The molecule has 1 fully saturated rings. The summed E-state index contributed by atoms with van der Waals surface area (Å²) < 4.78 is 2.20. The highest BCUT2D eigenvalue weighted by molar-refractivity contribution is 8.01. The Morgan fingerprint density at radius 2 is 2.10 bits per heavy atom. The number of aromatic nitrogens is 4. The van der Waals surface area contributed by atoms with Crippen molar-refractivity contribution in [2.24, 2.45) is 0 Å². The van der Waals surface area contributed by atoms with Gasteiger partial charge in [0.25, 0.3) is 0 Å². The first-order valence-corrected chi connectivity index (χ1v) is 10.9. The van der Waals surface area contributed by atoms with E-state index in [-0.39, 0.29) is 0 Å². The predicted molar refractivity (Wildman–Crippen MR) is 119 cm³/mol. The molecule has 0 bridgehead atoms. The summed E-state index contributed by atoms with van der Waals surface area (Å²) in [5.74, 6) is 1.53. The Hall–Kier alpha value is -3.05. The zero-order chi connectivity index (χ0) is 20.9. The Labute approximate surface area is 180 Å². The lowest BCUT2D eigenvalue weighted by atomic mass is 9.81. The first kappa shape index (κ1) is 18.9. The van der Waals surface area contributed by atoms with Crippen molar-refractivity contribution in [3.05, 3.63) is 47.7 Å². The van der Waals surface area contributed by atoms with E-state index >= 15 is 0 Å². The highest BCUT2D eigenvalue weighted by Crippen LogP contribution is 2.57. The van der Waals surface area contributed by atoms with Gasteiger partial charge in [0, 0.05) is 37.1 Å². The molecule has 0 unspecified atom stereocenters. The minimum atomic E-state index is 0.332. The minimum Gasteiger partial charge on any atom is -0.362 e. The van der Waals surface area contributed by atoms with Crippen molar-refractivity contribution in [2.75, 3.05) is 24.3 Å². The largest absolute Gasteiger partial charge is 0.362 e. The number of aryl methyl sites for hydroxylation is 1. The molecule has 1 saturated carbocycles. The molecule has 30 heavy (non-hydrogen) atoms. The summed E-state index contributed by atoms with van der Waals surface area (Å²) in [7, 11) is 4.04. The molecule has 1 spiro atoms. The third-order valence-electron chi connectivity index (χ3n) is 5.78. The summed E-state index contributed by atoms with van der Waals surface area (Å²) in [5.41, 5.74) is 4.20. The van der Waals surface area contributed by atoms with Crippen molar-refractivity contribution < 1.29 is 0 Å². The molecule has 3 heterocycles. The van der Waals surface area contributed by atoms with Gasteiger partial charge in [0.15, 0.2) is 0 Å². The lowest BCUT2D eigenvalue weighted by molar-refractivity contribution is 0.365. The Bertz CT molecular complexity index is 1170. The number of nitrogens with zero attached hydrogens (tertiary/aromatic N) is 6. The van der Waals surface area contributed by atoms with Crippen molar-refractivity contribution in [3.8, 4) is 11.8 Å². The lowest BCUT2D eigenvalue weighted by Gasteiger charge is -2.36. The zero-order valence-corrected chi connectivity index (χ0v) is 18.1. The maximum atomic E-state index is 9.66.